The van der Waals surface area contributed by atoms with E-state index in [4.69, 9.17) is 9.47 Å². The lowest BCUT2D eigenvalue weighted by Gasteiger charge is -2.26. The van der Waals surface area contributed by atoms with Crippen LogP contribution in [-0.4, -0.2) is 50.1 Å². The first-order valence-electron chi connectivity index (χ1n) is 10.6. The Balaban J connectivity index is 1.29. The van der Waals surface area contributed by atoms with E-state index in [1.54, 1.807) is 6.08 Å². The zero-order chi connectivity index (χ0) is 20.2. The highest BCUT2D eigenvalue weighted by molar-refractivity contribution is 6.06. The lowest BCUT2D eigenvalue weighted by Crippen LogP contribution is -2.36. The number of allylic oxidation sites excluding steroid dienone is 1. The molecule has 0 N–H and O–H groups in total. The summed E-state index contributed by atoms with van der Waals surface area (Å²) >= 11 is 0. The molecule has 1 saturated heterocycles. The molecule has 0 unspecified atom stereocenters. The van der Waals surface area contributed by atoms with Gasteiger partial charge in [-0.05, 0) is 43.2 Å². The van der Waals surface area contributed by atoms with E-state index < -0.39 is 0 Å². The Hall–Kier alpha value is -2.43. The van der Waals surface area contributed by atoms with Crippen LogP contribution in [0.5, 0.6) is 5.75 Å². The number of ketones is 1. The molecule has 1 aliphatic heterocycles. The number of benzene rings is 2. The van der Waals surface area contributed by atoms with Crippen LogP contribution in [0.3, 0.4) is 0 Å². The molecule has 154 valence electrons. The van der Waals surface area contributed by atoms with Gasteiger partial charge in [-0.2, -0.15) is 0 Å². The second-order valence-corrected chi connectivity index (χ2v) is 7.35. The SMILES string of the molecule is O=C(/C=C/c1ccc(OCCCCCCN2CCOCC2)cc1)c1ccccc1. The molecule has 0 aromatic heterocycles. The number of nitrogens with zero attached hydrogens (tertiary/aromatic N) is 1. The Kier molecular flexibility index (Phi) is 8.95. The third-order valence-corrected chi connectivity index (χ3v) is 5.11. The van der Waals surface area contributed by atoms with Crippen molar-refractivity contribution < 1.29 is 14.3 Å². The van der Waals surface area contributed by atoms with Crippen LogP contribution in [0.25, 0.3) is 6.08 Å². The van der Waals surface area contributed by atoms with Gasteiger partial charge in [-0.25, -0.2) is 0 Å². The molecule has 1 fully saturated rings. The fourth-order valence-electron chi connectivity index (χ4n) is 3.35. The molecule has 0 saturated carbocycles. The minimum atomic E-state index is 0.0135. The fraction of sp³-hybridized carbons (Fsp3) is 0.400. The monoisotopic (exact) mass is 393 g/mol. The molecule has 2 aromatic carbocycles. The van der Waals surface area contributed by atoms with Crippen LogP contribution in [0.1, 0.15) is 41.6 Å². The van der Waals surface area contributed by atoms with Gasteiger partial charge < -0.3 is 9.47 Å². The van der Waals surface area contributed by atoms with Crippen molar-refractivity contribution in [2.24, 2.45) is 0 Å². The number of hydrogen-bond donors (Lipinski definition) is 0. The van der Waals surface area contributed by atoms with Crippen LogP contribution >= 0.6 is 0 Å². The first kappa shape index (κ1) is 21.3. The molecule has 29 heavy (non-hydrogen) atoms. The van der Waals surface area contributed by atoms with Crippen molar-refractivity contribution in [3.05, 3.63) is 71.8 Å². The number of hydrogen-bond acceptors (Lipinski definition) is 4. The number of rotatable bonds is 11. The van der Waals surface area contributed by atoms with E-state index in [2.05, 4.69) is 4.90 Å². The summed E-state index contributed by atoms with van der Waals surface area (Å²) in [7, 11) is 0. The van der Waals surface area contributed by atoms with Crippen molar-refractivity contribution in [3.63, 3.8) is 0 Å². The molecule has 4 heteroatoms. The van der Waals surface area contributed by atoms with Crippen LogP contribution in [0.2, 0.25) is 0 Å². The maximum atomic E-state index is 12.1. The highest BCUT2D eigenvalue weighted by atomic mass is 16.5. The normalized spacial score (nSPS) is 14.9. The second-order valence-electron chi connectivity index (χ2n) is 7.35. The van der Waals surface area contributed by atoms with Crippen LogP contribution < -0.4 is 4.74 Å². The lowest BCUT2D eigenvalue weighted by atomic mass is 10.1. The van der Waals surface area contributed by atoms with Crippen LogP contribution in [0.4, 0.5) is 0 Å². The Labute approximate surface area is 174 Å². The van der Waals surface area contributed by atoms with Crippen LogP contribution in [0.15, 0.2) is 60.7 Å². The van der Waals surface area contributed by atoms with Gasteiger partial charge in [-0.15, -0.1) is 0 Å². The highest BCUT2D eigenvalue weighted by Gasteiger charge is 2.08. The summed E-state index contributed by atoms with van der Waals surface area (Å²) in [5.41, 5.74) is 1.69. The Bertz CT molecular complexity index is 749. The van der Waals surface area contributed by atoms with Gasteiger partial charge in [0.05, 0.1) is 19.8 Å². The summed E-state index contributed by atoms with van der Waals surface area (Å²) in [4.78, 5) is 14.6. The van der Waals surface area contributed by atoms with Gasteiger partial charge in [-0.3, -0.25) is 9.69 Å². The number of carbonyl (C=O) groups is 1. The standard InChI is InChI=1S/C25H31NO3/c27-25(23-8-4-3-5-9-23)15-12-22-10-13-24(14-11-22)29-19-7-2-1-6-16-26-17-20-28-21-18-26/h3-5,8-15H,1-2,6-7,16-21H2/b15-12+. The molecule has 1 aliphatic rings. The molecule has 0 spiro atoms. The Morgan fingerprint density at radius 1 is 0.931 bits per heavy atom. The lowest BCUT2D eigenvalue weighted by molar-refractivity contribution is 0.0371. The predicted molar refractivity (Wildman–Crippen MR) is 117 cm³/mol. The van der Waals surface area contributed by atoms with E-state index >= 15 is 0 Å². The third-order valence-electron chi connectivity index (χ3n) is 5.11. The van der Waals surface area contributed by atoms with Crippen LogP contribution in [-0.2, 0) is 4.74 Å². The predicted octanol–water partition coefficient (Wildman–Crippen LogP) is 4.85. The Morgan fingerprint density at radius 3 is 2.41 bits per heavy atom. The molecule has 3 rings (SSSR count). The summed E-state index contributed by atoms with van der Waals surface area (Å²) in [6.45, 7) is 5.85. The number of ether oxygens (including phenoxy) is 2. The third kappa shape index (κ3) is 7.84. The van der Waals surface area contributed by atoms with Crippen LogP contribution in [0, 0.1) is 0 Å². The maximum Gasteiger partial charge on any atom is 0.185 e. The topological polar surface area (TPSA) is 38.8 Å². The van der Waals surface area contributed by atoms with E-state index in [9.17, 15) is 4.79 Å². The molecular weight excluding hydrogens is 362 g/mol. The highest BCUT2D eigenvalue weighted by Crippen LogP contribution is 2.15. The molecule has 0 radical (unpaired) electrons. The van der Waals surface area contributed by atoms with Crippen molar-refractivity contribution in [2.75, 3.05) is 39.5 Å². The zero-order valence-corrected chi connectivity index (χ0v) is 17.1. The average molecular weight is 394 g/mol. The minimum Gasteiger partial charge on any atom is -0.494 e. The molecule has 0 amide bonds. The number of unbranched alkanes of at least 4 members (excludes halogenated alkanes) is 3. The average Bonchev–Trinajstić information content (AvgIpc) is 2.79. The summed E-state index contributed by atoms with van der Waals surface area (Å²) in [5, 5.41) is 0. The largest absolute Gasteiger partial charge is 0.494 e. The summed E-state index contributed by atoms with van der Waals surface area (Å²) < 4.78 is 11.2. The number of carbonyl (C=O) groups excluding carboxylic acids is 1. The van der Waals surface area contributed by atoms with Crippen molar-refractivity contribution >= 4 is 11.9 Å². The molecule has 0 atom stereocenters. The van der Waals surface area contributed by atoms with Gasteiger partial charge in [0.1, 0.15) is 5.75 Å². The van der Waals surface area contributed by atoms with Gasteiger partial charge in [0.25, 0.3) is 0 Å². The van der Waals surface area contributed by atoms with E-state index in [0.717, 1.165) is 50.6 Å². The second kappa shape index (κ2) is 12.2. The first-order chi connectivity index (χ1) is 14.3. The van der Waals surface area contributed by atoms with Gasteiger partial charge in [0.15, 0.2) is 5.78 Å². The van der Waals surface area contributed by atoms with E-state index in [0.29, 0.717) is 5.56 Å². The van der Waals surface area contributed by atoms with Gasteiger partial charge in [0.2, 0.25) is 0 Å². The number of morpholine rings is 1. The molecule has 1 heterocycles. The van der Waals surface area contributed by atoms with E-state index in [1.165, 1.54) is 25.8 Å². The van der Waals surface area contributed by atoms with Crippen molar-refractivity contribution in [2.45, 2.75) is 25.7 Å². The van der Waals surface area contributed by atoms with Gasteiger partial charge in [-0.1, -0.05) is 61.4 Å². The molecule has 4 nitrogen and oxygen atoms in total. The van der Waals surface area contributed by atoms with Gasteiger partial charge in [0, 0.05) is 18.7 Å². The van der Waals surface area contributed by atoms with Crippen molar-refractivity contribution in [1.82, 2.24) is 4.90 Å². The zero-order valence-electron chi connectivity index (χ0n) is 17.1. The van der Waals surface area contributed by atoms with Gasteiger partial charge >= 0.3 is 0 Å². The summed E-state index contributed by atoms with van der Waals surface area (Å²) in [6.07, 6.45) is 8.24. The molecule has 2 aromatic rings. The first-order valence-corrected chi connectivity index (χ1v) is 10.6. The fourth-order valence-corrected chi connectivity index (χ4v) is 3.35. The summed E-state index contributed by atoms with van der Waals surface area (Å²) in [5.74, 6) is 0.893. The Morgan fingerprint density at radius 2 is 1.66 bits per heavy atom. The maximum absolute atomic E-state index is 12.1. The van der Waals surface area contributed by atoms with Crippen molar-refractivity contribution in [1.29, 1.82) is 0 Å². The minimum absolute atomic E-state index is 0.0135. The molecule has 0 aliphatic carbocycles. The molecular formula is C25H31NO3. The quantitative estimate of drug-likeness (QED) is 0.311. The molecule has 0 bridgehead atoms. The smallest absolute Gasteiger partial charge is 0.185 e. The van der Waals surface area contributed by atoms with Crippen molar-refractivity contribution in [3.8, 4) is 5.75 Å². The van der Waals surface area contributed by atoms with E-state index in [-0.39, 0.29) is 5.78 Å². The summed E-state index contributed by atoms with van der Waals surface area (Å²) in [6, 6.07) is 17.2. The van der Waals surface area contributed by atoms with E-state index in [1.807, 2.05) is 60.7 Å².